The summed E-state index contributed by atoms with van der Waals surface area (Å²) in [6.07, 6.45) is 0.242. The van der Waals surface area contributed by atoms with E-state index in [0.717, 1.165) is 5.56 Å². The number of carbonyl (C=O) groups is 2. The van der Waals surface area contributed by atoms with Crippen LogP contribution in [-0.2, 0) is 11.2 Å². The Morgan fingerprint density at radius 3 is 2.04 bits per heavy atom. The maximum Gasteiger partial charge on any atom is 0.256 e. The number of rotatable bonds is 3. The van der Waals surface area contributed by atoms with Gasteiger partial charge in [-0.3, -0.25) is 9.59 Å². The molecule has 0 unspecified atom stereocenters. The molecule has 0 spiro atoms. The van der Waals surface area contributed by atoms with Gasteiger partial charge in [0.05, 0.1) is 0 Å². The standard InChI is InChI=1S/C22H26N2O2/c1-22(2,3)21-23(4)20(26)18(15-16-11-7-5-8-12-16)24(21)19(25)17-13-9-6-10-14-17/h5-14,18,21H,15H2,1-4H3/t18-,21+/m0/s1. The summed E-state index contributed by atoms with van der Waals surface area (Å²) in [7, 11) is 1.80. The van der Waals surface area contributed by atoms with Crippen molar-refractivity contribution in [1.82, 2.24) is 9.80 Å². The molecule has 2 atom stereocenters. The lowest BCUT2D eigenvalue weighted by Crippen LogP contribution is -2.51. The van der Waals surface area contributed by atoms with Crippen LogP contribution in [0.4, 0.5) is 0 Å². The molecule has 2 aromatic rings. The van der Waals surface area contributed by atoms with Gasteiger partial charge in [-0.15, -0.1) is 0 Å². The van der Waals surface area contributed by atoms with Gasteiger partial charge in [-0.1, -0.05) is 69.3 Å². The second-order valence-corrected chi connectivity index (χ2v) is 7.97. The molecule has 1 saturated heterocycles. The molecule has 136 valence electrons. The Kier molecular flexibility index (Phi) is 4.86. The third kappa shape index (κ3) is 3.36. The Morgan fingerprint density at radius 2 is 1.50 bits per heavy atom. The summed E-state index contributed by atoms with van der Waals surface area (Å²) in [5, 5.41) is 0. The first kappa shape index (κ1) is 18.2. The maximum atomic E-state index is 13.3. The van der Waals surface area contributed by atoms with Crippen molar-refractivity contribution in [2.24, 2.45) is 5.41 Å². The normalized spacial score (nSPS) is 20.5. The molecule has 3 rings (SSSR count). The molecule has 2 amide bonds. The zero-order chi connectivity index (χ0) is 18.9. The molecule has 1 aliphatic rings. The monoisotopic (exact) mass is 350 g/mol. The summed E-state index contributed by atoms with van der Waals surface area (Å²) in [5.74, 6) is -0.0952. The average Bonchev–Trinajstić information content (AvgIpc) is 2.87. The molecule has 2 aromatic carbocycles. The van der Waals surface area contributed by atoms with Crippen molar-refractivity contribution in [1.29, 1.82) is 0 Å². The number of amides is 2. The van der Waals surface area contributed by atoms with Crippen LogP contribution in [0.1, 0.15) is 36.7 Å². The minimum absolute atomic E-state index is 0.00180. The van der Waals surface area contributed by atoms with E-state index in [1.54, 1.807) is 16.8 Å². The van der Waals surface area contributed by atoms with Gasteiger partial charge in [-0.25, -0.2) is 0 Å². The van der Waals surface area contributed by atoms with E-state index in [1.165, 1.54) is 0 Å². The third-order valence-electron chi connectivity index (χ3n) is 4.90. The van der Waals surface area contributed by atoms with E-state index in [0.29, 0.717) is 12.0 Å². The number of carbonyl (C=O) groups excluding carboxylic acids is 2. The minimum atomic E-state index is -0.487. The van der Waals surface area contributed by atoms with Gasteiger partial charge in [0.2, 0.25) is 5.91 Å². The average molecular weight is 350 g/mol. The Bertz CT molecular complexity index is 781. The lowest BCUT2D eigenvalue weighted by molar-refractivity contribution is -0.129. The highest BCUT2D eigenvalue weighted by molar-refractivity contribution is 5.99. The van der Waals surface area contributed by atoms with Crippen molar-refractivity contribution in [2.75, 3.05) is 7.05 Å². The third-order valence-corrected chi connectivity index (χ3v) is 4.90. The highest BCUT2D eigenvalue weighted by Crippen LogP contribution is 2.36. The topological polar surface area (TPSA) is 40.6 Å². The molecule has 1 heterocycles. The predicted molar refractivity (Wildman–Crippen MR) is 103 cm³/mol. The molecule has 0 aromatic heterocycles. The van der Waals surface area contributed by atoms with E-state index in [2.05, 4.69) is 20.8 Å². The maximum absolute atomic E-state index is 13.3. The van der Waals surface area contributed by atoms with Crippen LogP contribution in [0.15, 0.2) is 60.7 Å². The van der Waals surface area contributed by atoms with E-state index in [-0.39, 0.29) is 23.4 Å². The summed E-state index contributed by atoms with van der Waals surface area (Å²) < 4.78 is 0. The van der Waals surface area contributed by atoms with Crippen LogP contribution in [0.5, 0.6) is 0 Å². The fraction of sp³-hybridized carbons (Fsp3) is 0.364. The van der Waals surface area contributed by atoms with E-state index in [4.69, 9.17) is 0 Å². The van der Waals surface area contributed by atoms with Gasteiger partial charge in [0.25, 0.3) is 5.91 Å². The van der Waals surface area contributed by atoms with Gasteiger partial charge in [0, 0.05) is 24.4 Å². The number of benzene rings is 2. The van der Waals surface area contributed by atoms with Gasteiger partial charge < -0.3 is 9.80 Å². The first-order chi connectivity index (χ1) is 12.3. The van der Waals surface area contributed by atoms with Gasteiger partial charge in [-0.2, -0.15) is 0 Å². The number of hydrogen-bond acceptors (Lipinski definition) is 2. The first-order valence-corrected chi connectivity index (χ1v) is 8.99. The lowest BCUT2D eigenvalue weighted by Gasteiger charge is -2.39. The van der Waals surface area contributed by atoms with Crippen LogP contribution in [0, 0.1) is 5.41 Å². The summed E-state index contributed by atoms with van der Waals surface area (Å²) in [4.78, 5) is 29.9. The second kappa shape index (κ2) is 6.94. The molecule has 0 N–H and O–H groups in total. The fourth-order valence-electron chi connectivity index (χ4n) is 3.84. The van der Waals surface area contributed by atoms with Gasteiger partial charge in [0.15, 0.2) is 0 Å². The van der Waals surface area contributed by atoms with E-state index in [1.807, 2.05) is 60.7 Å². The summed E-state index contributed by atoms with van der Waals surface area (Å²) in [6, 6.07) is 18.6. The van der Waals surface area contributed by atoms with Crippen LogP contribution < -0.4 is 0 Å². The molecular weight excluding hydrogens is 324 g/mol. The molecule has 0 bridgehead atoms. The molecule has 0 saturated carbocycles. The van der Waals surface area contributed by atoms with E-state index in [9.17, 15) is 9.59 Å². The quantitative estimate of drug-likeness (QED) is 0.849. The van der Waals surface area contributed by atoms with Gasteiger partial charge >= 0.3 is 0 Å². The Morgan fingerprint density at radius 1 is 0.962 bits per heavy atom. The molecule has 1 fully saturated rings. The summed E-state index contributed by atoms with van der Waals surface area (Å²) in [6.45, 7) is 6.20. The molecule has 1 aliphatic heterocycles. The smallest absolute Gasteiger partial charge is 0.256 e. The van der Waals surface area contributed by atoms with Gasteiger partial charge in [0.1, 0.15) is 12.2 Å². The minimum Gasteiger partial charge on any atom is -0.323 e. The second-order valence-electron chi connectivity index (χ2n) is 7.97. The first-order valence-electron chi connectivity index (χ1n) is 8.99. The molecule has 0 aliphatic carbocycles. The lowest BCUT2D eigenvalue weighted by atomic mass is 9.90. The number of nitrogens with zero attached hydrogens (tertiary/aromatic N) is 2. The molecule has 26 heavy (non-hydrogen) atoms. The highest BCUT2D eigenvalue weighted by Gasteiger charge is 2.51. The fourth-order valence-corrected chi connectivity index (χ4v) is 3.84. The van der Waals surface area contributed by atoms with Crippen LogP contribution in [-0.4, -0.2) is 40.9 Å². The Balaban J connectivity index is 2.02. The largest absolute Gasteiger partial charge is 0.323 e. The van der Waals surface area contributed by atoms with Gasteiger partial charge in [-0.05, 0) is 17.7 Å². The molecule has 4 heteroatoms. The molecular formula is C22H26N2O2. The van der Waals surface area contributed by atoms with Crippen molar-refractivity contribution in [3.8, 4) is 0 Å². The SMILES string of the molecule is CN1C(=O)[C@H](Cc2ccccc2)N(C(=O)c2ccccc2)[C@@H]1C(C)(C)C. The van der Waals surface area contributed by atoms with Crippen molar-refractivity contribution in [2.45, 2.75) is 39.4 Å². The van der Waals surface area contributed by atoms with Crippen LogP contribution in [0.2, 0.25) is 0 Å². The van der Waals surface area contributed by atoms with Crippen molar-refractivity contribution < 1.29 is 9.59 Å². The number of hydrogen-bond donors (Lipinski definition) is 0. The van der Waals surface area contributed by atoms with Crippen molar-refractivity contribution in [3.63, 3.8) is 0 Å². The Hall–Kier alpha value is -2.62. The summed E-state index contributed by atoms with van der Waals surface area (Å²) >= 11 is 0. The molecule has 4 nitrogen and oxygen atoms in total. The van der Waals surface area contributed by atoms with Crippen LogP contribution in [0.25, 0.3) is 0 Å². The van der Waals surface area contributed by atoms with Crippen LogP contribution >= 0.6 is 0 Å². The highest BCUT2D eigenvalue weighted by atomic mass is 16.2. The predicted octanol–water partition coefficient (Wildman–Crippen LogP) is 3.58. The van der Waals surface area contributed by atoms with Crippen molar-refractivity contribution in [3.05, 3.63) is 71.8 Å². The zero-order valence-electron chi connectivity index (χ0n) is 15.8. The Labute approximate surface area is 155 Å². The summed E-state index contributed by atoms with van der Waals surface area (Å²) in [5.41, 5.74) is 1.42. The van der Waals surface area contributed by atoms with E-state index < -0.39 is 6.04 Å². The molecule has 0 radical (unpaired) electrons. The zero-order valence-corrected chi connectivity index (χ0v) is 15.8. The van der Waals surface area contributed by atoms with Crippen LogP contribution in [0.3, 0.4) is 0 Å². The number of likely N-dealkylation sites (N-methyl/N-ethyl adjacent to an activating group) is 1. The van der Waals surface area contributed by atoms with Crippen molar-refractivity contribution >= 4 is 11.8 Å². The van der Waals surface area contributed by atoms with E-state index >= 15 is 0 Å².